The normalized spacial score (nSPS) is 19.3. The third-order valence-electron chi connectivity index (χ3n) is 3.90. The molecule has 3 heteroatoms. The number of ether oxygens (including phenoxy) is 1. The summed E-state index contributed by atoms with van der Waals surface area (Å²) in [4.78, 5) is 11.6. The van der Waals surface area contributed by atoms with Crippen molar-refractivity contribution in [3.8, 4) is 5.75 Å². The van der Waals surface area contributed by atoms with Gasteiger partial charge in [-0.05, 0) is 54.5 Å². The molecule has 1 amide bonds. The Morgan fingerprint density at radius 2 is 2.26 bits per heavy atom. The summed E-state index contributed by atoms with van der Waals surface area (Å²) in [5.41, 5.74) is 3.98. The fourth-order valence-corrected chi connectivity index (χ4v) is 2.58. The zero-order chi connectivity index (χ0) is 13.2. The smallest absolute Gasteiger partial charge is 0.223 e. The van der Waals surface area contributed by atoms with E-state index in [0.717, 1.165) is 31.4 Å². The van der Waals surface area contributed by atoms with Gasteiger partial charge in [-0.2, -0.15) is 0 Å². The largest absolute Gasteiger partial charge is 0.497 e. The van der Waals surface area contributed by atoms with Gasteiger partial charge >= 0.3 is 0 Å². The topological polar surface area (TPSA) is 38.3 Å². The first kappa shape index (κ1) is 12.3. The SMILES string of the molecule is COc1ccc2c(c1)C(=CCNC(=O)C1CC1)CC2. The minimum Gasteiger partial charge on any atom is -0.497 e. The number of amides is 1. The van der Waals surface area contributed by atoms with E-state index in [4.69, 9.17) is 4.74 Å². The lowest BCUT2D eigenvalue weighted by molar-refractivity contribution is -0.122. The van der Waals surface area contributed by atoms with E-state index in [9.17, 15) is 4.79 Å². The molecule has 0 unspecified atom stereocenters. The Morgan fingerprint density at radius 1 is 1.42 bits per heavy atom. The number of hydrogen-bond donors (Lipinski definition) is 1. The molecule has 0 aromatic heterocycles. The number of methoxy groups -OCH3 is 1. The lowest BCUT2D eigenvalue weighted by Gasteiger charge is -2.05. The molecule has 3 rings (SSSR count). The van der Waals surface area contributed by atoms with Gasteiger partial charge in [0.15, 0.2) is 0 Å². The van der Waals surface area contributed by atoms with Gasteiger partial charge in [-0.3, -0.25) is 4.79 Å². The molecule has 1 saturated carbocycles. The summed E-state index contributed by atoms with van der Waals surface area (Å²) in [5, 5.41) is 2.98. The Kier molecular flexibility index (Phi) is 3.28. The number of aryl methyl sites for hydroxylation is 1. The quantitative estimate of drug-likeness (QED) is 0.900. The van der Waals surface area contributed by atoms with E-state index >= 15 is 0 Å². The fourth-order valence-electron chi connectivity index (χ4n) is 2.58. The van der Waals surface area contributed by atoms with Crippen LogP contribution in [0.1, 0.15) is 30.4 Å². The molecular weight excluding hydrogens is 238 g/mol. The second-order valence-electron chi connectivity index (χ2n) is 5.27. The summed E-state index contributed by atoms with van der Waals surface area (Å²) in [7, 11) is 1.69. The first-order valence-electron chi connectivity index (χ1n) is 6.92. The molecule has 1 aromatic carbocycles. The predicted octanol–water partition coefficient (Wildman–Crippen LogP) is 2.55. The third kappa shape index (κ3) is 2.65. The monoisotopic (exact) mass is 257 g/mol. The van der Waals surface area contributed by atoms with Crippen LogP contribution in [0.25, 0.3) is 5.57 Å². The highest BCUT2D eigenvalue weighted by atomic mass is 16.5. The molecular formula is C16H19NO2. The maximum atomic E-state index is 11.6. The molecule has 1 fully saturated rings. The van der Waals surface area contributed by atoms with Crippen LogP contribution in [-0.4, -0.2) is 19.6 Å². The summed E-state index contributed by atoms with van der Waals surface area (Å²) >= 11 is 0. The van der Waals surface area contributed by atoms with E-state index in [2.05, 4.69) is 23.5 Å². The van der Waals surface area contributed by atoms with Crippen molar-refractivity contribution < 1.29 is 9.53 Å². The number of nitrogens with one attached hydrogen (secondary N) is 1. The van der Waals surface area contributed by atoms with Crippen LogP contribution in [0.5, 0.6) is 5.75 Å². The number of carbonyl (C=O) groups is 1. The molecule has 100 valence electrons. The molecule has 3 nitrogen and oxygen atoms in total. The molecule has 0 atom stereocenters. The molecule has 0 bridgehead atoms. The Bertz CT molecular complexity index is 530. The van der Waals surface area contributed by atoms with E-state index < -0.39 is 0 Å². The lowest BCUT2D eigenvalue weighted by atomic mass is 10.1. The van der Waals surface area contributed by atoms with Crippen molar-refractivity contribution in [2.45, 2.75) is 25.7 Å². The average molecular weight is 257 g/mol. The van der Waals surface area contributed by atoms with E-state index in [1.807, 2.05) is 6.07 Å². The Morgan fingerprint density at radius 3 is 3.00 bits per heavy atom. The van der Waals surface area contributed by atoms with Gasteiger partial charge in [-0.1, -0.05) is 12.1 Å². The van der Waals surface area contributed by atoms with Crippen LogP contribution in [0.2, 0.25) is 0 Å². The summed E-state index contributed by atoms with van der Waals surface area (Å²) < 4.78 is 5.27. The van der Waals surface area contributed by atoms with Crippen molar-refractivity contribution in [3.63, 3.8) is 0 Å². The van der Waals surface area contributed by atoms with Crippen LogP contribution in [-0.2, 0) is 11.2 Å². The number of rotatable bonds is 4. The van der Waals surface area contributed by atoms with Gasteiger partial charge in [-0.25, -0.2) is 0 Å². The highest BCUT2D eigenvalue weighted by molar-refractivity contribution is 5.81. The van der Waals surface area contributed by atoms with Crippen molar-refractivity contribution in [2.75, 3.05) is 13.7 Å². The van der Waals surface area contributed by atoms with Crippen molar-refractivity contribution in [3.05, 3.63) is 35.4 Å². The summed E-state index contributed by atoms with van der Waals surface area (Å²) in [6.07, 6.45) is 6.40. The minimum absolute atomic E-state index is 0.209. The van der Waals surface area contributed by atoms with Crippen LogP contribution in [0, 0.1) is 5.92 Å². The molecule has 2 aliphatic rings. The van der Waals surface area contributed by atoms with Gasteiger partial charge < -0.3 is 10.1 Å². The fraction of sp³-hybridized carbons (Fsp3) is 0.438. The third-order valence-corrected chi connectivity index (χ3v) is 3.90. The second kappa shape index (κ2) is 5.08. The zero-order valence-corrected chi connectivity index (χ0v) is 11.2. The lowest BCUT2D eigenvalue weighted by Crippen LogP contribution is -2.24. The maximum Gasteiger partial charge on any atom is 0.223 e. The molecule has 0 saturated heterocycles. The molecule has 1 aromatic rings. The van der Waals surface area contributed by atoms with Crippen molar-refractivity contribution in [2.24, 2.45) is 5.92 Å². The molecule has 1 N–H and O–H groups in total. The van der Waals surface area contributed by atoms with Crippen LogP contribution in [0.3, 0.4) is 0 Å². The Balaban J connectivity index is 1.68. The molecule has 0 radical (unpaired) electrons. The number of hydrogen-bond acceptors (Lipinski definition) is 2. The van der Waals surface area contributed by atoms with Gasteiger partial charge in [0.2, 0.25) is 5.91 Å². The Labute approximate surface area is 113 Å². The van der Waals surface area contributed by atoms with Crippen molar-refractivity contribution in [1.82, 2.24) is 5.32 Å². The van der Waals surface area contributed by atoms with Gasteiger partial charge in [0.25, 0.3) is 0 Å². The highest BCUT2D eigenvalue weighted by Gasteiger charge is 2.29. The number of fused-ring (bicyclic) bond motifs is 1. The first-order valence-corrected chi connectivity index (χ1v) is 6.92. The maximum absolute atomic E-state index is 11.6. The number of allylic oxidation sites excluding steroid dienone is 1. The Hall–Kier alpha value is -1.77. The number of benzene rings is 1. The van der Waals surface area contributed by atoms with Crippen LogP contribution < -0.4 is 10.1 Å². The van der Waals surface area contributed by atoms with Crippen molar-refractivity contribution in [1.29, 1.82) is 0 Å². The molecule has 2 aliphatic carbocycles. The van der Waals surface area contributed by atoms with Gasteiger partial charge in [0.1, 0.15) is 5.75 Å². The molecule has 0 spiro atoms. The van der Waals surface area contributed by atoms with E-state index in [1.165, 1.54) is 16.7 Å². The van der Waals surface area contributed by atoms with E-state index in [-0.39, 0.29) is 11.8 Å². The minimum atomic E-state index is 0.209. The second-order valence-corrected chi connectivity index (χ2v) is 5.27. The standard InChI is InChI=1S/C16H19NO2/c1-19-14-7-6-11-2-3-12(15(11)10-14)8-9-17-16(18)13-4-5-13/h6-8,10,13H,2-5,9H2,1H3,(H,17,18). The van der Waals surface area contributed by atoms with Gasteiger partial charge in [0, 0.05) is 12.5 Å². The predicted molar refractivity (Wildman–Crippen MR) is 75.0 cm³/mol. The van der Waals surface area contributed by atoms with Crippen LogP contribution >= 0.6 is 0 Å². The summed E-state index contributed by atoms with van der Waals surface area (Å²) in [6, 6.07) is 6.24. The molecule has 19 heavy (non-hydrogen) atoms. The van der Waals surface area contributed by atoms with Crippen LogP contribution in [0.15, 0.2) is 24.3 Å². The summed E-state index contributed by atoms with van der Waals surface area (Å²) in [6.45, 7) is 0.640. The zero-order valence-electron chi connectivity index (χ0n) is 11.2. The van der Waals surface area contributed by atoms with E-state index in [1.54, 1.807) is 7.11 Å². The van der Waals surface area contributed by atoms with Crippen LogP contribution in [0.4, 0.5) is 0 Å². The van der Waals surface area contributed by atoms with Crippen molar-refractivity contribution >= 4 is 11.5 Å². The van der Waals surface area contributed by atoms with Gasteiger partial charge in [0.05, 0.1) is 7.11 Å². The van der Waals surface area contributed by atoms with Gasteiger partial charge in [-0.15, -0.1) is 0 Å². The first-order chi connectivity index (χ1) is 9.28. The highest BCUT2D eigenvalue weighted by Crippen LogP contribution is 2.34. The number of carbonyl (C=O) groups excluding carboxylic acids is 1. The average Bonchev–Trinajstić information content (AvgIpc) is 3.21. The molecule has 0 aliphatic heterocycles. The molecule has 0 heterocycles. The summed E-state index contributed by atoms with van der Waals surface area (Å²) in [5.74, 6) is 1.39. The van der Waals surface area contributed by atoms with E-state index in [0.29, 0.717) is 6.54 Å².